The molecule has 0 saturated carbocycles. The molecule has 0 fully saturated rings. The molecule has 182 valence electrons. The predicted octanol–water partition coefficient (Wildman–Crippen LogP) is 6.18. The Hall–Kier alpha value is -2.65. The van der Waals surface area contributed by atoms with Gasteiger partial charge in [-0.1, -0.05) is 31.5 Å². The van der Waals surface area contributed by atoms with Crippen molar-refractivity contribution in [3.63, 3.8) is 0 Å². The summed E-state index contributed by atoms with van der Waals surface area (Å²) in [4.78, 5) is 8.15. The highest BCUT2D eigenvalue weighted by molar-refractivity contribution is 6.33. The first-order valence-corrected chi connectivity index (χ1v) is 10.9. The summed E-state index contributed by atoms with van der Waals surface area (Å²) in [6.07, 6.45) is -4.29. The molecule has 2 atom stereocenters. The molecule has 1 aromatic heterocycles. The van der Waals surface area contributed by atoms with Crippen LogP contribution in [0.5, 0.6) is 5.75 Å². The molecule has 0 aliphatic heterocycles. The van der Waals surface area contributed by atoms with Gasteiger partial charge in [0.2, 0.25) is 0 Å². The third kappa shape index (κ3) is 3.65. The van der Waals surface area contributed by atoms with Crippen molar-refractivity contribution in [1.82, 2.24) is 9.97 Å². The molecule has 3 aromatic rings. The van der Waals surface area contributed by atoms with Gasteiger partial charge in [-0.15, -0.1) is 0 Å². The van der Waals surface area contributed by atoms with Crippen molar-refractivity contribution in [2.75, 3.05) is 12.4 Å². The lowest BCUT2D eigenvalue weighted by Gasteiger charge is -2.49. The van der Waals surface area contributed by atoms with Gasteiger partial charge in [0.25, 0.3) is 0 Å². The predicted molar refractivity (Wildman–Crippen MR) is 122 cm³/mol. The van der Waals surface area contributed by atoms with Gasteiger partial charge in [-0.2, -0.15) is 13.2 Å². The van der Waals surface area contributed by atoms with E-state index in [9.17, 15) is 22.7 Å². The van der Waals surface area contributed by atoms with Crippen molar-refractivity contribution in [2.24, 2.45) is 0 Å². The van der Waals surface area contributed by atoms with Crippen LogP contribution in [-0.2, 0) is 5.41 Å². The third-order valence-electron chi connectivity index (χ3n) is 6.43. The first kappa shape index (κ1) is 24.5. The Balaban J connectivity index is 2.01. The fraction of sp³-hybridized carbons (Fsp3) is 0.417. The van der Waals surface area contributed by atoms with E-state index in [-0.39, 0.29) is 27.9 Å². The quantitative estimate of drug-likeness (QED) is 0.423. The molecule has 1 aliphatic carbocycles. The van der Waals surface area contributed by atoms with Crippen LogP contribution in [0, 0.1) is 19.7 Å². The maximum atomic E-state index is 14.5. The second-order valence-corrected chi connectivity index (χ2v) is 9.72. The Kier molecular flexibility index (Phi) is 5.72. The number of fused-ring (bicyclic) bond motifs is 2. The summed E-state index contributed by atoms with van der Waals surface area (Å²) in [6.45, 7) is 6.45. The number of nitrogens with zero attached hydrogens (tertiary/aromatic N) is 2. The lowest BCUT2D eigenvalue weighted by Crippen LogP contribution is -2.58. The van der Waals surface area contributed by atoms with Crippen LogP contribution in [0.4, 0.5) is 23.2 Å². The highest BCUT2D eigenvalue weighted by Gasteiger charge is 2.64. The third-order valence-corrected chi connectivity index (χ3v) is 6.90. The summed E-state index contributed by atoms with van der Waals surface area (Å²) < 4.78 is 63.4. The summed E-state index contributed by atoms with van der Waals surface area (Å²) in [6, 6.07) is 2.31. The van der Waals surface area contributed by atoms with E-state index in [1.165, 1.54) is 25.4 Å². The van der Waals surface area contributed by atoms with Crippen LogP contribution in [0.25, 0.3) is 10.9 Å². The average molecular weight is 498 g/mol. The lowest BCUT2D eigenvalue weighted by atomic mass is 9.63. The van der Waals surface area contributed by atoms with Gasteiger partial charge in [0.1, 0.15) is 22.9 Å². The number of anilines is 1. The molecule has 2 aromatic carbocycles. The van der Waals surface area contributed by atoms with E-state index in [0.717, 1.165) is 6.07 Å². The van der Waals surface area contributed by atoms with Gasteiger partial charge in [-0.3, -0.25) is 0 Å². The number of benzene rings is 2. The smallest absolute Gasteiger partial charge is 0.419 e. The lowest BCUT2D eigenvalue weighted by molar-refractivity contribution is -0.275. The van der Waals surface area contributed by atoms with E-state index in [1.54, 1.807) is 27.7 Å². The van der Waals surface area contributed by atoms with Crippen LogP contribution in [-0.4, -0.2) is 34.0 Å². The first-order chi connectivity index (χ1) is 15.7. The number of hydrogen-bond acceptors (Lipinski definition) is 5. The molecule has 5 nitrogen and oxygen atoms in total. The minimum Gasteiger partial charge on any atom is -0.495 e. The van der Waals surface area contributed by atoms with Crippen molar-refractivity contribution in [3.05, 3.63) is 57.8 Å². The molecule has 4 rings (SSSR count). The van der Waals surface area contributed by atoms with Gasteiger partial charge in [-0.05, 0) is 48.9 Å². The number of ether oxygens (including phenoxy) is 1. The minimum absolute atomic E-state index is 0.0331. The van der Waals surface area contributed by atoms with Crippen LogP contribution in [0.15, 0.2) is 24.4 Å². The number of aromatic nitrogens is 2. The Bertz CT molecular complexity index is 1300. The molecular formula is C24H24ClF4N3O2. The van der Waals surface area contributed by atoms with Crippen molar-refractivity contribution in [2.45, 2.75) is 57.3 Å². The second kappa shape index (κ2) is 7.95. The fourth-order valence-corrected chi connectivity index (χ4v) is 5.17. The summed E-state index contributed by atoms with van der Waals surface area (Å²) in [5.74, 6) is -0.0534. The van der Waals surface area contributed by atoms with E-state index in [2.05, 4.69) is 15.3 Å². The maximum absolute atomic E-state index is 14.5. The van der Waals surface area contributed by atoms with Gasteiger partial charge < -0.3 is 15.2 Å². The molecule has 0 radical (unpaired) electrons. The van der Waals surface area contributed by atoms with Crippen LogP contribution in [0.3, 0.4) is 0 Å². The first-order valence-electron chi connectivity index (χ1n) is 10.6. The molecular weight excluding hydrogens is 474 g/mol. The van der Waals surface area contributed by atoms with Gasteiger partial charge in [0.05, 0.1) is 18.2 Å². The molecule has 0 spiro atoms. The van der Waals surface area contributed by atoms with Crippen LogP contribution in [0.1, 0.15) is 48.8 Å². The van der Waals surface area contributed by atoms with E-state index >= 15 is 0 Å². The summed E-state index contributed by atoms with van der Waals surface area (Å²) in [7, 11) is 1.40. The van der Waals surface area contributed by atoms with Gasteiger partial charge in [0, 0.05) is 22.8 Å². The Labute approximate surface area is 199 Å². The monoisotopic (exact) mass is 497 g/mol. The van der Waals surface area contributed by atoms with Crippen LogP contribution >= 0.6 is 11.6 Å². The molecule has 0 saturated heterocycles. The summed E-state index contributed by atoms with van der Waals surface area (Å²) in [5.41, 5.74) is -3.01. The van der Waals surface area contributed by atoms with Gasteiger partial charge >= 0.3 is 6.18 Å². The molecule has 0 bridgehead atoms. The average Bonchev–Trinajstić information content (AvgIpc) is 2.73. The zero-order chi connectivity index (χ0) is 25.2. The van der Waals surface area contributed by atoms with E-state index < -0.39 is 35.5 Å². The van der Waals surface area contributed by atoms with Crippen molar-refractivity contribution < 1.29 is 27.4 Å². The number of aliphatic hydroxyl groups is 1. The van der Waals surface area contributed by atoms with Crippen LogP contribution < -0.4 is 10.1 Å². The zero-order valence-electron chi connectivity index (χ0n) is 19.2. The number of nitrogens with one attached hydrogen (secondary N) is 1. The van der Waals surface area contributed by atoms with Gasteiger partial charge in [0.15, 0.2) is 5.60 Å². The minimum atomic E-state index is -4.98. The molecule has 2 unspecified atom stereocenters. The summed E-state index contributed by atoms with van der Waals surface area (Å²) >= 11 is 6.45. The highest BCUT2D eigenvalue weighted by Crippen LogP contribution is 2.58. The summed E-state index contributed by atoms with van der Waals surface area (Å²) in [5, 5.41) is 14.6. The molecule has 0 amide bonds. The van der Waals surface area contributed by atoms with E-state index in [1.807, 2.05) is 0 Å². The highest BCUT2D eigenvalue weighted by atomic mass is 35.5. The number of aryl methyl sites for hydroxylation is 2. The Morgan fingerprint density at radius 1 is 1.24 bits per heavy atom. The molecule has 1 heterocycles. The van der Waals surface area contributed by atoms with E-state index in [0.29, 0.717) is 22.0 Å². The SMILES string of the molecule is COc1c(Cl)c(C)cc2c1C(C)(C)CC(O)(C(F)(F)F)C2Nc1ccc(F)c2nc(C)ncc12. The molecule has 2 N–H and O–H groups in total. The van der Waals surface area contributed by atoms with Crippen LogP contribution in [0.2, 0.25) is 5.02 Å². The molecule has 34 heavy (non-hydrogen) atoms. The van der Waals surface area contributed by atoms with Crippen molar-refractivity contribution in [1.29, 1.82) is 0 Å². The van der Waals surface area contributed by atoms with Crippen molar-refractivity contribution in [3.8, 4) is 5.75 Å². The molecule has 1 aliphatic rings. The Morgan fingerprint density at radius 3 is 2.53 bits per heavy atom. The number of methoxy groups -OCH3 is 1. The maximum Gasteiger partial charge on any atom is 0.419 e. The zero-order valence-corrected chi connectivity index (χ0v) is 20.0. The fourth-order valence-electron chi connectivity index (χ4n) is 4.94. The number of halogens is 5. The molecule has 10 heteroatoms. The number of rotatable bonds is 3. The van der Waals surface area contributed by atoms with Gasteiger partial charge in [-0.25, -0.2) is 14.4 Å². The Morgan fingerprint density at radius 2 is 1.91 bits per heavy atom. The number of alkyl halides is 3. The number of hydrogen-bond donors (Lipinski definition) is 2. The largest absolute Gasteiger partial charge is 0.495 e. The van der Waals surface area contributed by atoms with E-state index in [4.69, 9.17) is 16.3 Å². The standard InChI is InChI=1S/C24H24ClF4N3O2/c1-11-8-13-17(20(34-5)18(11)25)22(3,4)10-23(33,24(27,28)29)21(13)32-16-7-6-15(26)19-14(16)9-30-12(2)31-19/h6-9,21,32-33H,10H2,1-5H3. The van der Waals surface area contributed by atoms with Crippen molar-refractivity contribution >= 4 is 28.2 Å². The second-order valence-electron chi connectivity index (χ2n) is 9.34. The topological polar surface area (TPSA) is 67.3 Å². The normalized spacial score (nSPS) is 21.9.